The second-order valence-corrected chi connectivity index (χ2v) is 4.63. The van der Waals surface area contributed by atoms with E-state index < -0.39 is 0 Å². The topological polar surface area (TPSA) is 68.3 Å². The van der Waals surface area contributed by atoms with Crippen LogP contribution in [0, 0.1) is 0 Å². The molecule has 102 valence electrons. The molecule has 1 aromatic rings. The summed E-state index contributed by atoms with van der Waals surface area (Å²) in [6, 6.07) is 3.23. The Labute approximate surface area is 112 Å². The zero-order chi connectivity index (χ0) is 13.5. The third kappa shape index (κ3) is 4.54. The second kappa shape index (κ2) is 7.11. The first kappa shape index (κ1) is 13.8. The van der Waals surface area contributed by atoms with E-state index >= 15 is 0 Å². The van der Waals surface area contributed by atoms with Gasteiger partial charge in [-0.25, -0.2) is 0 Å². The number of hydrogen-bond acceptors (Lipinski definition) is 5. The lowest BCUT2D eigenvalue weighted by Crippen LogP contribution is -2.33. The van der Waals surface area contributed by atoms with Gasteiger partial charge in [-0.2, -0.15) is 0 Å². The van der Waals surface area contributed by atoms with Gasteiger partial charge in [0.05, 0.1) is 12.5 Å². The van der Waals surface area contributed by atoms with Crippen LogP contribution in [0.1, 0.15) is 29.6 Å². The first-order chi connectivity index (χ1) is 9.25. The fraction of sp³-hybridized carbons (Fsp3) is 0.500. The molecule has 1 saturated heterocycles. The summed E-state index contributed by atoms with van der Waals surface area (Å²) < 4.78 is 5.53. The zero-order valence-electron chi connectivity index (χ0n) is 10.8. The number of carbonyl (C=O) groups excluding carboxylic acids is 2. The second-order valence-electron chi connectivity index (χ2n) is 4.63. The standard InChI is InChI=1S/C14H18N2O3/c17-12(10-19-13-3-7-16-8-4-13)9-14(18)11-1-5-15-6-2-11/h1-2,5-6,13,16H,3-4,7-10H2. The van der Waals surface area contributed by atoms with Crippen LogP contribution in [-0.4, -0.2) is 42.4 Å². The van der Waals surface area contributed by atoms with Crippen molar-refractivity contribution in [2.75, 3.05) is 19.7 Å². The van der Waals surface area contributed by atoms with Crippen molar-refractivity contribution in [1.82, 2.24) is 10.3 Å². The van der Waals surface area contributed by atoms with E-state index in [0.717, 1.165) is 25.9 Å². The number of Topliss-reactive ketones (excluding diaryl/α,β-unsaturated/α-hetero) is 2. The van der Waals surface area contributed by atoms with Gasteiger partial charge in [-0.3, -0.25) is 14.6 Å². The molecule has 0 spiro atoms. The first-order valence-corrected chi connectivity index (χ1v) is 6.53. The van der Waals surface area contributed by atoms with Crippen LogP contribution in [0.5, 0.6) is 0 Å². The summed E-state index contributed by atoms with van der Waals surface area (Å²) >= 11 is 0. The highest BCUT2D eigenvalue weighted by molar-refractivity contribution is 6.08. The number of ether oxygens (including phenoxy) is 1. The molecule has 0 atom stereocenters. The molecule has 0 aromatic carbocycles. The average Bonchev–Trinajstić information content (AvgIpc) is 2.47. The van der Waals surface area contributed by atoms with Gasteiger partial charge in [-0.1, -0.05) is 0 Å². The van der Waals surface area contributed by atoms with E-state index in [2.05, 4.69) is 10.3 Å². The predicted molar refractivity (Wildman–Crippen MR) is 70.0 cm³/mol. The van der Waals surface area contributed by atoms with Crippen molar-refractivity contribution in [3.05, 3.63) is 30.1 Å². The molecule has 2 rings (SSSR count). The minimum absolute atomic E-state index is 0.0293. The van der Waals surface area contributed by atoms with Gasteiger partial charge in [-0.05, 0) is 38.1 Å². The molecule has 1 aromatic heterocycles. The summed E-state index contributed by atoms with van der Waals surface area (Å²) in [5, 5.41) is 3.23. The molecule has 1 N–H and O–H groups in total. The van der Waals surface area contributed by atoms with Crippen molar-refractivity contribution in [2.45, 2.75) is 25.4 Å². The Morgan fingerprint density at radius 1 is 1.26 bits per heavy atom. The van der Waals surface area contributed by atoms with Gasteiger partial charge < -0.3 is 10.1 Å². The number of rotatable bonds is 6. The third-order valence-corrected chi connectivity index (χ3v) is 3.13. The van der Waals surface area contributed by atoms with Gasteiger partial charge in [0, 0.05) is 18.0 Å². The van der Waals surface area contributed by atoms with Gasteiger partial charge in [0.2, 0.25) is 0 Å². The highest BCUT2D eigenvalue weighted by atomic mass is 16.5. The quantitative estimate of drug-likeness (QED) is 0.611. The first-order valence-electron chi connectivity index (χ1n) is 6.53. The van der Waals surface area contributed by atoms with Crippen molar-refractivity contribution < 1.29 is 14.3 Å². The number of ketones is 2. The van der Waals surface area contributed by atoms with Crippen molar-refractivity contribution in [1.29, 1.82) is 0 Å². The Morgan fingerprint density at radius 2 is 1.95 bits per heavy atom. The number of nitrogens with zero attached hydrogens (tertiary/aromatic N) is 1. The Kier molecular flexibility index (Phi) is 5.18. The molecule has 5 nitrogen and oxygen atoms in total. The van der Waals surface area contributed by atoms with Crippen molar-refractivity contribution in [2.24, 2.45) is 0 Å². The average molecular weight is 262 g/mol. The number of piperidine rings is 1. The number of aromatic nitrogens is 1. The molecule has 2 heterocycles. The summed E-state index contributed by atoms with van der Waals surface area (Å²) in [7, 11) is 0. The minimum atomic E-state index is -0.179. The molecule has 0 aliphatic carbocycles. The van der Waals surface area contributed by atoms with Crippen molar-refractivity contribution in [3.8, 4) is 0 Å². The summed E-state index contributed by atoms with van der Waals surface area (Å²) in [6.07, 6.45) is 4.97. The number of hydrogen-bond donors (Lipinski definition) is 1. The molecule has 0 amide bonds. The van der Waals surface area contributed by atoms with Crippen molar-refractivity contribution in [3.63, 3.8) is 0 Å². The Hall–Kier alpha value is -1.59. The molecule has 0 bridgehead atoms. The molecular weight excluding hydrogens is 244 g/mol. The lowest BCUT2D eigenvalue weighted by molar-refractivity contribution is -0.125. The fourth-order valence-electron chi connectivity index (χ4n) is 2.04. The van der Waals surface area contributed by atoms with Crippen LogP contribution < -0.4 is 5.32 Å². The highest BCUT2D eigenvalue weighted by Crippen LogP contribution is 2.08. The molecule has 0 radical (unpaired) electrons. The number of carbonyl (C=O) groups is 2. The van der Waals surface area contributed by atoms with Crippen molar-refractivity contribution >= 4 is 11.6 Å². The smallest absolute Gasteiger partial charge is 0.170 e. The Bertz CT molecular complexity index is 428. The van der Waals surface area contributed by atoms with E-state index in [-0.39, 0.29) is 30.7 Å². The van der Waals surface area contributed by atoms with Gasteiger partial charge >= 0.3 is 0 Å². The molecule has 1 aliphatic heterocycles. The monoisotopic (exact) mass is 262 g/mol. The van der Waals surface area contributed by atoms with Crippen LogP contribution in [0.25, 0.3) is 0 Å². The largest absolute Gasteiger partial charge is 0.370 e. The highest BCUT2D eigenvalue weighted by Gasteiger charge is 2.16. The maximum absolute atomic E-state index is 11.8. The van der Waals surface area contributed by atoms with Gasteiger partial charge in [-0.15, -0.1) is 0 Å². The third-order valence-electron chi connectivity index (χ3n) is 3.13. The molecular formula is C14H18N2O3. The van der Waals surface area contributed by atoms with Crippen LogP contribution in [0.4, 0.5) is 0 Å². The van der Waals surface area contributed by atoms with E-state index in [1.54, 1.807) is 24.5 Å². The Morgan fingerprint density at radius 3 is 2.63 bits per heavy atom. The normalized spacial score (nSPS) is 16.2. The van der Waals surface area contributed by atoms with Crippen LogP contribution in [0.15, 0.2) is 24.5 Å². The minimum Gasteiger partial charge on any atom is -0.370 e. The van der Waals surface area contributed by atoms with Crippen LogP contribution in [-0.2, 0) is 9.53 Å². The van der Waals surface area contributed by atoms with Gasteiger partial charge in [0.1, 0.15) is 6.61 Å². The van der Waals surface area contributed by atoms with E-state index in [0.29, 0.717) is 5.56 Å². The zero-order valence-corrected chi connectivity index (χ0v) is 10.8. The predicted octanol–water partition coefficient (Wildman–Crippen LogP) is 0.992. The van der Waals surface area contributed by atoms with E-state index in [4.69, 9.17) is 4.74 Å². The van der Waals surface area contributed by atoms with Gasteiger partial charge in [0.15, 0.2) is 11.6 Å². The lowest BCUT2D eigenvalue weighted by Gasteiger charge is -2.22. The number of pyridine rings is 1. The van der Waals surface area contributed by atoms with Crippen LogP contribution >= 0.6 is 0 Å². The fourth-order valence-corrected chi connectivity index (χ4v) is 2.04. The molecule has 5 heteroatoms. The Balaban J connectivity index is 1.73. The summed E-state index contributed by atoms with van der Waals surface area (Å²) in [6.45, 7) is 1.88. The molecule has 1 fully saturated rings. The molecule has 19 heavy (non-hydrogen) atoms. The summed E-state index contributed by atoms with van der Waals surface area (Å²) in [4.78, 5) is 27.3. The number of nitrogens with one attached hydrogen (secondary N) is 1. The maximum atomic E-state index is 11.8. The molecule has 0 saturated carbocycles. The summed E-state index contributed by atoms with van der Waals surface area (Å²) in [5.41, 5.74) is 0.519. The molecule has 1 aliphatic rings. The molecule has 0 unspecified atom stereocenters. The van der Waals surface area contributed by atoms with E-state index in [9.17, 15) is 9.59 Å². The lowest BCUT2D eigenvalue weighted by atomic mass is 10.1. The van der Waals surface area contributed by atoms with Gasteiger partial charge in [0.25, 0.3) is 0 Å². The van der Waals surface area contributed by atoms with E-state index in [1.807, 2.05) is 0 Å². The maximum Gasteiger partial charge on any atom is 0.170 e. The van der Waals surface area contributed by atoms with Crippen LogP contribution in [0.2, 0.25) is 0 Å². The summed E-state index contributed by atoms with van der Waals surface area (Å²) in [5.74, 6) is -0.346. The van der Waals surface area contributed by atoms with Crippen LogP contribution in [0.3, 0.4) is 0 Å². The SMILES string of the molecule is O=C(COC1CCNCC1)CC(=O)c1ccncc1. The van der Waals surface area contributed by atoms with E-state index in [1.165, 1.54) is 0 Å².